The van der Waals surface area contributed by atoms with Crippen molar-refractivity contribution in [2.45, 2.75) is 37.4 Å². The van der Waals surface area contributed by atoms with Crippen LogP contribution in [0.3, 0.4) is 0 Å². The number of benzene rings is 1. The number of carbonyl (C=O) groups is 3. The van der Waals surface area contributed by atoms with Crippen molar-refractivity contribution in [1.29, 1.82) is 0 Å². The van der Waals surface area contributed by atoms with Crippen LogP contribution in [0, 0.1) is 5.95 Å². The van der Waals surface area contributed by atoms with Crippen LogP contribution in [0.4, 0.5) is 22.0 Å². The van der Waals surface area contributed by atoms with Crippen LogP contribution in [0.5, 0.6) is 0 Å². The molecular formula is C28H21F5N6O3. The first-order valence-corrected chi connectivity index (χ1v) is 13.0. The molecule has 3 amide bonds. The summed E-state index contributed by atoms with van der Waals surface area (Å²) in [5, 5.41) is 5.47. The number of imide groups is 1. The zero-order chi connectivity index (χ0) is 29.6. The number of fused-ring (bicyclic) bond motifs is 1. The van der Waals surface area contributed by atoms with E-state index in [1.165, 1.54) is 12.3 Å². The van der Waals surface area contributed by atoms with Gasteiger partial charge in [-0.2, -0.15) is 4.39 Å². The van der Waals surface area contributed by atoms with Crippen LogP contribution >= 0.6 is 0 Å². The normalized spacial score (nSPS) is 21.7. The third kappa shape index (κ3) is 4.08. The molecule has 9 nitrogen and oxygen atoms in total. The van der Waals surface area contributed by atoms with Crippen molar-refractivity contribution in [3.05, 3.63) is 71.6 Å². The van der Waals surface area contributed by atoms with Crippen molar-refractivity contribution < 1.29 is 36.3 Å². The van der Waals surface area contributed by atoms with Crippen molar-refractivity contribution in [3.8, 4) is 0 Å². The first-order chi connectivity index (χ1) is 19.9. The second-order valence-electron chi connectivity index (χ2n) is 10.7. The van der Waals surface area contributed by atoms with Crippen LogP contribution in [0.2, 0.25) is 0 Å². The Hall–Kier alpha value is -4.59. The molecule has 0 spiro atoms. The Kier molecular flexibility index (Phi) is 5.61. The number of amides is 3. The summed E-state index contributed by atoms with van der Waals surface area (Å²) in [6.45, 7) is -2.71. The average molecular weight is 585 g/mol. The largest absolute Gasteiger partial charge is 0.329 e. The number of aromatic nitrogens is 3. The highest BCUT2D eigenvalue weighted by atomic mass is 19.3. The number of rotatable bonds is 3. The molecule has 6 heterocycles. The highest BCUT2D eigenvalue weighted by molar-refractivity contribution is 6.49. The number of hydrogen-bond acceptors (Lipinski definition) is 5. The van der Waals surface area contributed by atoms with E-state index in [-0.39, 0.29) is 35.2 Å². The van der Waals surface area contributed by atoms with Crippen LogP contribution in [0.1, 0.15) is 23.2 Å². The van der Waals surface area contributed by atoms with Crippen molar-refractivity contribution >= 4 is 45.4 Å². The predicted molar refractivity (Wildman–Crippen MR) is 139 cm³/mol. The summed E-state index contributed by atoms with van der Waals surface area (Å²) in [4.78, 5) is 44.0. The number of pyridine rings is 1. The Morgan fingerprint density at radius 2 is 1.74 bits per heavy atom. The minimum atomic E-state index is -3.77. The molecule has 216 valence electrons. The lowest BCUT2D eigenvalue weighted by molar-refractivity contribution is -0.182. The van der Waals surface area contributed by atoms with Gasteiger partial charge in [0.2, 0.25) is 5.91 Å². The van der Waals surface area contributed by atoms with Gasteiger partial charge in [0.15, 0.2) is 5.95 Å². The molecular weight excluding hydrogens is 563 g/mol. The quantitative estimate of drug-likeness (QED) is 0.285. The first-order valence-electron chi connectivity index (χ1n) is 13.0. The Bertz CT molecular complexity index is 1860. The van der Waals surface area contributed by atoms with Crippen molar-refractivity contribution in [1.82, 2.24) is 29.5 Å². The molecule has 1 saturated heterocycles. The lowest BCUT2D eigenvalue weighted by Crippen LogP contribution is -2.58. The Labute approximate surface area is 233 Å². The van der Waals surface area contributed by atoms with Crippen molar-refractivity contribution in [2.75, 3.05) is 13.1 Å². The van der Waals surface area contributed by atoms with E-state index in [0.29, 0.717) is 27.3 Å². The average Bonchev–Trinajstić information content (AvgIpc) is 3.51. The fourth-order valence-electron chi connectivity index (χ4n) is 6.16. The summed E-state index contributed by atoms with van der Waals surface area (Å²) in [6, 6.07) is 8.29. The highest BCUT2D eigenvalue weighted by Gasteiger charge is 2.52. The Morgan fingerprint density at radius 3 is 2.50 bits per heavy atom. The molecule has 2 N–H and O–H groups in total. The molecule has 1 unspecified atom stereocenters. The zero-order valence-electron chi connectivity index (χ0n) is 21.6. The fourth-order valence-corrected chi connectivity index (χ4v) is 6.16. The second kappa shape index (κ2) is 8.95. The van der Waals surface area contributed by atoms with Crippen LogP contribution in [-0.2, 0) is 27.5 Å². The minimum Gasteiger partial charge on any atom is -0.329 e. The first kappa shape index (κ1) is 26.3. The lowest BCUT2D eigenvalue weighted by atomic mass is 9.95. The van der Waals surface area contributed by atoms with Gasteiger partial charge in [0.25, 0.3) is 23.7 Å². The fraction of sp³-hybridized carbons (Fsp3) is 0.286. The second-order valence-corrected chi connectivity index (χ2v) is 10.7. The van der Waals surface area contributed by atoms with Gasteiger partial charge in [-0.1, -0.05) is 18.2 Å². The smallest absolute Gasteiger partial charge is 0.271 e. The molecule has 1 fully saturated rings. The van der Waals surface area contributed by atoms with Crippen LogP contribution < -0.4 is 10.6 Å². The van der Waals surface area contributed by atoms with Crippen molar-refractivity contribution in [3.63, 3.8) is 0 Å². The van der Waals surface area contributed by atoms with E-state index in [9.17, 15) is 31.9 Å². The molecule has 0 radical (unpaired) electrons. The van der Waals surface area contributed by atoms with Gasteiger partial charge in [-0.25, -0.2) is 22.5 Å². The molecule has 1 aromatic carbocycles. The predicted octanol–water partition coefficient (Wildman–Crippen LogP) is 2.97. The molecule has 4 aromatic rings. The van der Waals surface area contributed by atoms with Gasteiger partial charge in [0, 0.05) is 30.7 Å². The van der Waals surface area contributed by atoms with Crippen LogP contribution in [0.15, 0.2) is 48.8 Å². The molecule has 0 bridgehead atoms. The maximum atomic E-state index is 15.5. The third-order valence-corrected chi connectivity index (χ3v) is 7.84. The number of nitrogens with one attached hydrogen (secondary N) is 2. The van der Waals surface area contributed by atoms with Crippen molar-refractivity contribution in [2.24, 2.45) is 0 Å². The van der Waals surface area contributed by atoms with Gasteiger partial charge in [0.1, 0.15) is 11.7 Å². The molecule has 1 atom stereocenters. The molecule has 0 aliphatic carbocycles. The monoisotopic (exact) mass is 584 g/mol. The number of alkyl halides is 4. The maximum absolute atomic E-state index is 15.5. The van der Waals surface area contributed by atoms with E-state index in [1.807, 2.05) is 0 Å². The van der Waals surface area contributed by atoms with Gasteiger partial charge in [-0.3, -0.25) is 24.1 Å². The number of piperidine rings is 1. The van der Waals surface area contributed by atoms with Gasteiger partial charge < -0.3 is 14.8 Å². The lowest BCUT2D eigenvalue weighted by Gasteiger charge is -2.38. The molecule has 3 aliphatic rings. The third-order valence-electron chi connectivity index (χ3n) is 7.84. The topological polar surface area (TPSA) is 101 Å². The number of likely N-dealkylation sites (tertiary alicyclic amines) is 1. The molecule has 7 rings (SSSR count). The standard InChI is InChI=1S/C28H21F5N6O3/c29-19-7-16-15(21-22(25(41)36-24(21)40)18-9-35-20-3-1-2-6-38(18)20)5-4-14-8-34-17(10-39(19)23(14)16)26(42)37-12-27(30,31)11-28(32,33)13-37/h1-7,9,17,34H,8,10-13H2,(H,36,40,41). The highest BCUT2D eigenvalue weighted by Crippen LogP contribution is 2.39. The number of carbonyl (C=O) groups excluding carboxylic acids is 3. The van der Waals surface area contributed by atoms with Gasteiger partial charge in [-0.15, -0.1) is 0 Å². The van der Waals surface area contributed by atoms with Gasteiger partial charge in [0.05, 0.1) is 48.1 Å². The Morgan fingerprint density at radius 1 is 1.00 bits per heavy atom. The number of halogens is 5. The summed E-state index contributed by atoms with van der Waals surface area (Å²) in [7, 11) is 0. The minimum absolute atomic E-state index is 0.0111. The molecule has 14 heteroatoms. The van der Waals surface area contributed by atoms with Gasteiger partial charge >= 0.3 is 0 Å². The van der Waals surface area contributed by atoms with E-state index >= 15 is 4.39 Å². The van der Waals surface area contributed by atoms with E-state index in [2.05, 4.69) is 15.6 Å². The van der Waals surface area contributed by atoms with E-state index in [4.69, 9.17) is 0 Å². The SMILES string of the molecule is O=C1NC(=O)C(c2cnc3ccccn23)=C1c1ccc2c3c1cc(F)n3CC(C(=O)N1CC(F)(F)CC(F)(F)C1)NC2. The van der Waals surface area contributed by atoms with E-state index < -0.39 is 61.1 Å². The summed E-state index contributed by atoms with van der Waals surface area (Å²) < 4.78 is 74.4. The summed E-state index contributed by atoms with van der Waals surface area (Å²) in [5.74, 6) is -10.7. The van der Waals surface area contributed by atoms with Crippen LogP contribution in [0.25, 0.3) is 27.7 Å². The maximum Gasteiger partial charge on any atom is 0.271 e. The van der Waals surface area contributed by atoms with E-state index in [1.54, 1.807) is 40.9 Å². The summed E-state index contributed by atoms with van der Waals surface area (Å²) in [6.07, 6.45) is 1.50. The van der Waals surface area contributed by atoms with E-state index in [0.717, 1.165) is 4.57 Å². The summed E-state index contributed by atoms with van der Waals surface area (Å²) >= 11 is 0. The molecule has 3 aromatic heterocycles. The number of hydrogen-bond donors (Lipinski definition) is 2. The van der Waals surface area contributed by atoms with Gasteiger partial charge in [-0.05, 0) is 23.3 Å². The number of imidazole rings is 1. The molecule has 42 heavy (non-hydrogen) atoms. The summed E-state index contributed by atoms with van der Waals surface area (Å²) in [5.41, 5.74) is 2.05. The zero-order valence-corrected chi connectivity index (χ0v) is 21.6. The van der Waals surface area contributed by atoms with Crippen LogP contribution in [-0.4, -0.2) is 67.5 Å². The molecule has 3 aliphatic heterocycles. The molecule has 0 saturated carbocycles. The Balaban J connectivity index is 1.32. The number of nitrogens with zero attached hydrogens (tertiary/aromatic N) is 4.